The van der Waals surface area contributed by atoms with Crippen molar-refractivity contribution in [3.8, 4) is 0 Å². The highest BCUT2D eigenvalue weighted by Crippen LogP contribution is 2.24. The van der Waals surface area contributed by atoms with Gasteiger partial charge < -0.3 is 5.32 Å². The van der Waals surface area contributed by atoms with Gasteiger partial charge in [-0.15, -0.1) is 11.3 Å². The van der Waals surface area contributed by atoms with Crippen LogP contribution in [0.4, 0.5) is 5.69 Å². The van der Waals surface area contributed by atoms with Gasteiger partial charge >= 0.3 is 0 Å². The van der Waals surface area contributed by atoms with Gasteiger partial charge in [-0.05, 0) is 65.2 Å². The second-order valence-corrected chi connectivity index (χ2v) is 9.24. The van der Waals surface area contributed by atoms with E-state index in [4.69, 9.17) is 0 Å². The Morgan fingerprint density at radius 3 is 2.43 bits per heavy atom. The third-order valence-electron chi connectivity index (χ3n) is 3.16. The normalized spacial score (nSPS) is 15.1. The average molecular weight is 387 g/mol. The van der Waals surface area contributed by atoms with Gasteiger partial charge in [0, 0.05) is 23.2 Å². The molecule has 1 aromatic carbocycles. The van der Waals surface area contributed by atoms with Crippen LogP contribution in [0.25, 0.3) is 0 Å². The van der Waals surface area contributed by atoms with Gasteiger partial charge in [0.1, 0.15) is 0 Å². The van der Waals surface area contributed by atoms with Crippen molar-refractivity contribution in [2.45, 2.75) is 30.3 Å². The Morgan fingerprint density at radius 1 is 1.14 bits per heavy atom. The molecule has 7 heteroatoms. The second-order valence-electron chi connectivity index (χ2n) is 4.98. The molecule has 0 unspecified atom stereocenters. The molecule has 21 heavy (non-hydrogen) atoms. The summed E-state index contributed by atoms with van der Waals surface area (Å²) in [6, 6.07) is 11.1. The number of hydrogen-bond acceptors (Lipinski definition) is 4. The van der Waals surface area contributed by atoms with Crippen LogP contribution in [0, 0.1) is 0 Å². The lowest BCUT2D eigenvalue weighted by molar-refractivity contribution is 0.581. The van der Waals surface area contributed by atoms with E-state index in [1.54, 1.807) is 35.6 Å². The van der Waals surface area contributed by atoms with Crippen LogP contribution in [0.1, 0.15) is 17.7 Å². The molecule has 2 N–H and O–H groups in total. The number of anilines is 1. The Hall–Kier alpha value is -0.890. The average Bonchev–Trinajstić information content (AvgIpc) is 3.16. The van der Waals surface area contributed by atoms with Crippen molar-refractivity contribution in [2.75, 3.05) is 5.32 Å². The Morgan fingerprint density at radius 2 is 1.86 bits per heavy atom. The minimum atomic E-state index is -3.36. The van der Waals surface area contributed by atoms with Gasteiger partial charge in [-0.1, -0.05) is 0 Å². The first-order valence-electron chi connectivity index (χ1n) is 6.63. The van der Waals surface area contributed by atoms with Gasteiger partial charge in [0.2, 0.25) is 10.0 Å². The molecule has 2 aromatic rings. The van der Waals surface area contributed by atoms with Crippen molar-refractivity contribution in [3.05, 3.63) is 45.1 Å². The molecule has 3 rings (SSSR count). The van der Waals surface area contributed by atoms with E-state index in [1.807, 2.05) is 6.07 Å². The predicted molar refractivity (Wildman–Crippen MR) is 89.1 cm³/mol. The number of thiophene rings is 1. The second kappa shape index (κ2) is 6.08. The zero-order valence-electron chi connectivity index (χ0n) is 11.2. The van der Waals surface area contributed by atoms with Crippen molar-refractivity contribution in [2.24, 2.45) is 0 Å². The van der Waals surface area contributed by atoms with Crippen LogP contribution >= 0.6 is 27.3 Å². The van der Waals surface area contributed by atoms with Crippen LogP contribution in [-0.4, -0.2) is 14.5 Å². The predicted octanol–water partition coefficient (Wildman–Crippen LogP) is 3.56. The van der Waals surface area contributed by atoms with E-state index in [-0.39, 0.29) is 6.04 Å². The lowest BCUT2D eigenvalue weighted by Crippen LogP contribution is -2.25. The van der Waals surface area contributed by atoms with E-state index < -0.39 is 10.0 Å². The molecule has 0 saturated heterocycles. The summed E-state index contributed by atoms with van der Waals surface area (Å²) in [6.45, 7) is 0.725. The molecule has 1 aromatic heterocycles. The first-order chi connectivity index (χ1) is 10.0. The Labute approximate surface area is 136 Å². The first kappa shape index (κ1) is 15.0. The van der Waals surface area contributed by atoms with Gasteiger partial charge in [-0.25, -0.2) is 13.1 Å². The molecular weight excluding hydrogens is 372 g/mol. The third-order valence-corrected chi connectivity index (χ3v) is 6.32. The molecule has 0 spiro atoms. The molecule has 1 fully saturated rings. The van der Waals surface area contributed by atoms with Crippen molar-refractivity contribution in [3.63, 3.8) is 0 Å². The summed E-state index contributed by atoms with van der Waals surface area (Å²) in [5.74, 6) is 0. The standard InChI is InChI=1S/C14H15BrN2O2S2/c15-14-8-5-12(20-14)9-16-10-3-6-13(7-4-10)21(18,19)17-11-1-2-11/h3-8,11,16-17H,1-2,9H2. The van der Waals surface area contributed by atoms with Crippen LogP contribution in [0.5, 0.6) is 0 Å². The topological polar surface area (TPSA) is 58.2 Å². The molecule has 0 aliphatic heterocycles. The van der Waals surface area contributed by atoms with Crippen LogP contribution < -0.4 is 10.0 Å². The molecule has 0 radical (unpaired) electrons. The maximum absolute atomic E-state index is 12.0. The number of benzene rings is 1. The van der Waals surface area contributed by atoms with Crippen molar-refractivity contribution < 1.29 is 8.42 Å². The van der Waals surface area contributed by atoms with E-state index in [0.717, 1.165) is 28.9 Å². The highest BCUT2D eigenvalue weighted by atomic mass is 79.9. The quantitative estimate of drug-likeness (QED) is 0.797. The van der Waals surface area contributed by atoms with Gasteiger partial charge in [0.15, 0.2) is 0 Å². The highest BCUT2D eigenvalue weighted by molar-refractivity contribution is 9.11. The number of rotatable bonds is 6. The molecule has 1 saturated carbocycles. The fourth-order valence-electron chi connectivity index (χ4n) is 1.88. The molecule has 1 heterocycles. The van der Waals surface area contributed by atoms with Crippen LogP contribution in [-0.2, 0) is 16.6 Å². The van der Waals surface area contributed by atoms with E-state index in [0.29, 0.717) is 4.90 Å². The zero-order valence-corrected chi connectivity index (χ0v) is 14.4. The van der Waals surface area contributed by atoms with Gasteiger partial charge in [-0.2, -0.15) is 0 Å². The summed E-state index contributed by atoms with van der Waals surface area (Å²) in [6.07, 6.45) is 1.88. The molecule has 0 bridgehead atoms. The molecule has 4 nitrogen and oxygen atoms in total. The molecule has 112 valence electrons. The summed E-state index contributed by atoms with van der Waals surface area (Å²) in [7, 11) is -3.36. The van der Waals surface area contributed by atoms with Crippen molar-refractivity contribution >= 4 is 43.0 Å². The molecule has 0 amide bonds. The monoisotopic (exact) mass is 386 g/mol. The molecule has 1 aliphatic carbocycles. The van der Waals surface area contributed by atoms with Crippen LogP contribution in [0.3, 0.4) is 0 Å². The number of sulfonamides is 1. The zero-order chi connectivity index (χ0) is 14.9. The highest BCUT2D eigenvalue weighted by Gasteiger charge is 2.27. The van der Waals surface area contributed by atoms with E-state index >= 15 is 0 Å². The lowest BCUT2D eigenvalue weighted by atomic mass is 10.3. The molecular formula is C14H15BrN2O2S2. The summed E-state index contributed by atoms with van der Waals surface area (Å²) < 4.78 is 27.9. The fraction of sp³-hybridized carbons (Fsp3) is 0.286. The van der Waals surface area contributed by atoms with Crippen molar-refractivity contribution in [1.29, 1.82) is 0 Å². The summed E-state index contributed by atoms with van der Waals surface area (Å²) >= 11 is 5.11. The number of hydrogen-bond donors (Lipinski definition) is 2. The maximum atomic E-state index is 12.0. The van der Waals surface area contributed by atoms with Crippen LogP contribution in [0.15, 0.2) is 45.1 Å². The van der Waals surface area contributed by atoms with Crippen molar-refractivity contribution in [1.82, 2.24) is 4.72 Å². The summed E-state index contributed by atoms with van der Waals surface area (Å²) in [5, 5.41) is 3.28. The van der Waals surface area contributed by atoms with E-state index in [1.165, 1.54) is 4.88 Å². The molecule has 0 atom stereocenters. The minimum absolute atomic E-state index is 0.130. The van der Waals surface area contributed by atoms with Gasteiger partial charge in [0.05, 0.1) is 8.68 Å². The largest absolute Gasteiger partial charge is 0.380 e. The Kier molecular flexibility index (Phi) is 4.35. The Bertz CT molecular complexity index is 722. The van der Waals surface area contributed by atoms with Gasteiger partial charge in [0.25, 0.3) is 0 Å². The number of halogens is 1. The number of nitrogens with one attached hydrogen (secondary N) is 2. The Balaban J connectivity index is 1.63. The smallest absolute Gasteiger partial charge is 0.240 e. The van der Waals surface area contributed by atoms with Crippen LogP contribution in [0.2, 0.25) is 0 Å². The SMILES string of the molecule is O=S(=O)(NC1CC1)c1ccc(NCc2ccc(Br)s2)cc1. The van der Waals surface area contributed by atoms with E-state index in [9.17, 15) is 8.42 Å². The summed E-state index contributed by atoms with van der Waals surface area (Å²) in [4.78, 5) is 1.53. The third kappa shape index (κ3) is 4.06. The fourth-order valence-corrected chi connectivity index (χ4v) is 4.60. The molecule has 1 aliphatic rings. The van der Waals surface area contributed by atoms with E-state index in [2.05, 4.69) is 32.0 Å². The first-order valence-corrected chi connectivity index (χ1v) is 9.73. The minimum Gasteiger partial charge on any atom is -0.380 e. The summed E-state index contributed by atoms with van der Waals surface area (Å²) in [5.41, 5.74) is 0.907. The van der Waals surface area contributed by atoms with Gasteiger partial charge in [-0.3, -0.25) is 0 Å². The maximum Gasteiger partial charge on any atom is 0.240 e. The lowest BCUT2D eigenvalue weighted by Gasteiger charge is -2.08.